The Balaban J connectivity index is 2.48. The molecule has 0 heterocycles. The number of rotatable bonds is 3. The van der Waals surface area contributed by atoms with Gasteiger partial charge in [-0.2, -0.15) is 0 Å². The highest BCUT2D eigenvalue weighted by atomic mass is 16.3. The van der Waals surface area contributed by atoms with Gasteiger partial charge in [-0.15, -0.1) is 0 Å². The van der Waals surface area contributed by atoms with Crippen LogP contribution in [0.5, 0.6) is 0 Å². The van der Waals surface area contributed by atoms with E-state index in [0.717, 1.165) is 13.0 Å². The summed E-state index contributed by atoms with van der Waals surface area (Å²) < 4.78 is 0. The summed E-state index contributed by atoms with van der Waals surface area (Å²) in [6, 6.07) is 0. The molecule has 2 unspecified atom stereocenters. The molecular weight excluding hydrogens is 150 g/mol. The first-order valence-electron chi connectivity index (χ1n) is 4.71. The van der Waals surface area contributed by atoms with Crippen LogP contribution in [-0.2, 0) is 0 Å². The topological polar surface area (TPSA) is 46.2 Å². The van der Waals surface area contributed by atoms with Crippen molar-refractivity contribution >= 4 is 0 Å². The third-order valence-corrected chi connectivity index (χ3v) is 3.26. The van der Waals surface area contributed by atoms with E-state index in [1.54, 1.807) is 0 Å². The van der Waals surface area contributed by atoms with Crippen LogP contribution in [0.25, 0.3) is 0 Å². The summed E-state index contributed by atoms with van der Waals surface area (Å²) in [5.74, 6) is 1.23. The Morgan fingerprint density at radius 2 is 1.83 bits per heavy atom. The second kappa shape index (κ2) is 2.71. The van der Waals surface area contributed by atoms with Gasteiger partial charge in [-0.05, 0) is 44.1 Å². The molecule has 2 nitrogen and oxygen atoms in total. The van der Waals surface area contributed by atoms with E-state index in [-0.39, 0.29) is 0 Å². The molecule has 0 saturated heterocycles. The minimum Gasteiger partial charge on any atom is -0.390 e. The minimum absolute atomic E-state index is 0.356. The van der Waals surface area contributed by atoms with E-state index in [9.17, 15) is 5.11 Å². The summed E-state index contributed by atoms with van der Waals surface area (Å²) in [5.41, 5.74) is 5.46. The molecule has 1 fully saturated rings. The fraction of sp³-hybridized carbons (Fsp3) is 1.00. The van der Waals surface area contributed by atoms with Gasteiger partial charge in [-0.25, -0.2) is 0 Å². The molecule has 0 bridgehead atoms. The van der Waals surface area contributed by atoms with Crippen LogP contribution in [0.3, 0.4) is 0 Å². The van der Waals surface area contributed by atoms with E-state index in [4.69, 9.17) is 5.73 Å². The van der Waals surface area contributed by atoms with Crippen LogP contribution in [-0.4, -0.2) is 17.3 Å². The summed E-state index contributed by atoms with van der Waals surface area (Å²) in [5, 5.41) is 9.63. The maximum absolute atomic E-state index is 9.63. The molecule has 0 amide bonds. The molecule has 0 aromatic carbocycles. The molecule has 12 heavy (non-hydrogen) atoms. The normalized spacial score (nSPS) is 33.5. The Hall–Kier alpha value is -0.0800. The highest BCUT2D eigenvalue weighted by molar-refractivity contribution is 5.06. The fourth-order valence-electron chi connectivity index (χ4n) is 2.27. The van der Waals surface area contributed by atoms with Crippen LogP contribution in [0.15, 0.2) is 0 Å². The molecule has 0 radical (unpaired) electrons. The summed E-state index contributed by atoms with van der Waals surface area (Å²) >= 11 is 0. The van der Waals surface area contributed by atoms with Crippen LogP contribution in [0, 0.1) is 17.3 Å². The summed E-state index contributed by atoms with van der Waals surface area (Å²) in [6.45, 7) is 8.97. The van der Waals surface area contributed by atoms with Gasteiger partial charge in [0.25, 0.3) is 0 Å². The van der Waals surface area contributed by atoms with Gasteiger partial charge in [-0.1, -0.05) is 13.8 Å². The first kappa shape index (κ1) is 10.0. The monoisotopic (exact) mass is 171 g/mol. The van der Waals surface area contributed by atoms with E-state index < -0.39 is 5.60 Å². The van der Waals surface area contributed by atoms with Gasteiger partial charge in [0.2, 0.25) is 0 Å². The van der Waals surface area contributed by atoms with Crippen LogP contribution in [0.2, 0.25) is 0 Å². The smallest absolute Gasteiger partial charge is 0.0594 e. The zero-order valence-corrected chi connectivity index (χ0v) is 8.59. The number of hydrogen-bond acceptors (Lipinski definition) is 2. The van der Waals surface area contributed by atoms with E-state index in [1.165, 1.54) is 0 Å². The van der Waals surface area contributed by atoms with Crippen molar-refractivity contribution in [3.63, 3.8) is 0 Å². The first-order valence-corrected chi connectivity index (χ1v) is 4.71. The average Bonchev–Trinajstić information content (AvgIpc) is 2.30. The third kappa shape index (κ3) is 1.80. The molecule has 0 aliphatic heterocycles. The lowest BCUT2D eigenvalue weighted by Gasteiger charge is -2.17. The summed E-state index contributed by atoms with van der Waals surface area (Å²) in [6.07, 6.45) is 0.877. The molecule has 0 spiro atoms. The van der Waals surface area contributed by atoms with Crippen molar-refractivity contribution in [2.75, 3.05) is 6.54 Å². The maximum Gasteiger partial charge on any atom is 0.0594 e. The largest absolute Gasteiger partial charge is 0.390 e. The SMILES string of the molecule is CC(C)(O)CC1C(CN)C1(C)C. The molecule has 2 atom stereocenters. The molecule has 1 saturated carbocycles. The lowest BCUT2D eigenvalue weighted by Crippen LogP contribution is -2.20. The minimum atomic E-state index is -0.536. The summed E-state index contributed by atoms with van der Waals surface area (Å²) in [4.78, 5) is 0. The van der Waals surface area contributed by atoms with Crippen molar-refractivity contribution in [2.45, 2.75) is 39.7 Å². The van der Waals surface area contributed by atoms with Crippen molar-refractivity contribution < 1.29 is 5.11 Å². The van der Waals surface area contributed by atoms with Crippen molar-refractivity contribution in [3.05, 3.63) is 0 Å². The van der Waals surface area contributed by atoms with Gasteiger partial charge in [0.05, 0.1) is 5.60 Å². The zero-order chi connectivity index (χ0) is 9.57. The third-order valence-electron chi connectivity index (χ3n) is 3.26. The predicted molar refractivity (Wildman–Crippen MR) is 50.7 cm³/mol. The number of nitrogens with two attached hydrogens (primary N) is 1. The standard InChI is InChI=1S/C10H21NO/c1-9(2,12)5-7-8(6-11)10(7,3)4/h7-8,12H,5-6,11H2,1-4H3. The molecule has 0 aromatic heterocycles. The summed E-state index contributed by atoms with van der Waals surface area (Å²) in [7, 11) is 0. The second-order valence-corrected chi connectivity index (χ2v) is 5.29. The highest BCUT2D eigenvalue weighted by Crippen LogP contribution is 2.60. The molecule has 2 heteroatoms. The molecule has 0 aromatic rings. The Morgan fingerprint density at radius 3 is 2.08 bits per heavy atom. The van der Waals surface area contributed by atoms with Gasteiger partial charge in [0.1, 0.15) is 0 Å². The lowest BCUT2D eigenvalue weighted by atomic mass is 9.97. The first-order chi connectivity index (χ1) is 5.29. The van der Waals surface area contributed by atoms with Crippen LogP contribution >= 0.6 is 0 Å². The van der Waals surface area contributed by atoms with Gasteiger partial charge < -0.3 is 10.8 Å². The quantitative estimate of drug-likeness (QED) is 0.674. The van der Waals surface area contributed by atoms with E-state index >= 15 is 0 Å². The van der Waals surface area contributed by atoms with Crippen molar-refractivity contribution in [2.24, 2.45) is 23.0 Å². The molecule has 72 valence electrons. The Kier molecular flexibility index (Phi) is 2.26. The van der Waals surface area contributed by atoms with Crippen molar-refractivity contribution in [3.8, 4) is 0 Å². The zero-order valence-electron chi connectivity index (χ0n) is 8.59. The van der Waals surface area contributed by atoms with E-state index in [2.05, 4.69) is 13.8 Å². The number of aliphatic hydroxyl groups is 1. The number of hydrogen-bond donors (Lipinski definition) is 2. The fourth-order valence-corrected chi connectivity index (χ4v) is 2.27. The molecule has 3 N–H and O–H groups in total. The van der Waals surface area contributed by atoms with E-state index in [1.807, 2.05) is 13.8 Å². The van der Waals surface area contributed by atoms with Crippen LogP contribution < -0.4 is 5.73 Å². The average molecular weight is 171 g/mol. The lowest BCUT2D eigenvalue weighted by molar-refractivity contribution is 0.0603. The Morgan fingerprint density at radius 1 is 1.33 bits per heavy atom. The second-order valence-electron chi connectivity index (χ2n) is 5.29. The van der Waals surface area contributed by atoms with Crippen LogP contribution in [0.1, 0.15) is 34.1 Å². The maximum atomic E-state index is 9.63. The highest BCUT2D eigenvalue weighted by Gasteiger charge is 2.57. The molecule has 1 aliphatic rings. The molecular formula is C10H21NO. The van der Waals surface area contributed by atoms with Crippen molar-refractivity contribution in [1.82, 2.24) is 0 Å². The van der Waals surface area contributed by atoms with Gasteiger partial charge in [-0.3, -0.25) is 0 Å². The van der Waals surface area contributed by atoms with Crippen molar-refractivity contribution in [1.29, 1.82) is 0 Å². The Labute approximate surface area is 75.2 Å². The molecule has 1 aliphatic carbocycles. The van der Waals surface area contributed by atoms with Gasteiger partial charge in [0.15, 0.2) is 0 Å². The van der Waals surface area contributed by atoms with E-state index in [0.29, 0.717) is 17.3 Å². The van der Waals surface area contributed by atoms with Gasteiger partial charge in [0, 0.05) is 0 Å². The molecule has 1 rings (SSSR count). The van der Waals surface area contributed by atoms with Crippen LogP contribution in [0.4, 0.5) is 0 Å². The predicted octanol–water partition coefficient (Wildman–Crippen LogP) is 1.38. The van der Waals surface area contributed by atoms with Gasteiger partial charge >= 0.3 is 0 Å². The Bertz CT molecular complexity index is 169.